The molecule has 1 heterocycles. The molecule has 0 aliphatic rings. The summed E-state index contributed by atoms with van der Waals surface area (Å²) in [6.45, 7) is 10.8. The van der Waals surface area contributed by atoms with Gasteiger partial charge in [0.25, 0.3) is 0 Å². The first kappa shape index (κ1) is 16.1. The number of nitrogens with zero attached hydrogens (tertiary/aromatic N) is 3. The second-order valence-electron chi connectivity index (χ2n) is 6.07. The summed E-state index contributed by atoms with van der Waals surface area (Å²) in [6, 6.07) is 0. The highest BCUT2D eigenvalue weighted by molar-refractivity contribution is 4.95. The van der Waals surface area contributed by atoms with Crippen molar-refractivity contribution in [3.8, 4) is 0 Å². The summed E-state index contributed by atoms with van der Waals surface area (Å²) in [5, 5.41) is 8.39. The van der Waals surface area contributed by atoms with Crippen LogP contribution in [0.3, 0.4) is 0 Å². The van der Waals surface area contributed by atoms with Crippen LogP contribution in [0.1, 0.15) is 39.8 Å². The Morgan fingerprint density at radius 2 is 2.05 bits per heavy atom. The highest BCUT2D eigenvalue weighted by Gasteiger charge is 2.14. The van der Waals surface area contributed by atoms with E-state index in [0.717, 1.165) is 25.1 Å². The van der Waals surface area contributed by atoms with E-state index < -0.39 is 0 Å². The van der Waals surface area contributed by atoms with E-state index in [2.05, 4.69) is 38.0 Å². The van der Waals surface area contributed by atoms with Crippen LogP contribution in [-0.2, 0) is 22.4 Å². The number of ether oxygens (including phenoxy) is 2. The van der Waals surface area contributed by atoms with Gasteiger partial charge in [0.15, 0.2) is 0 Å². The highest BCUT2D eigenvalue weighted by Crippen LogP contribution is 2.16. The quantitative estimate of drug-likeness (QED) is 0.680. The molecule has 1 unspecified atom stereocenters. The smallest absolute Gasteiger partial charge is 0.0852 e. The maximum Gasteiger partial charge on any atom is 0.0852 e. The van der Waals surface area contributed by atoms with Gasteiger partial charge in [0.05, 0.1) is 25.0 Å². The minimum absolute atomic E-state index is 0.190. The van der Waals surface area contributed by atoms with Gasteiger partial charge in [0.2, 0.25) is 0 Å². The second-order valence-corrected chi connectivity index (χ2v) is 6.07. The zero-order valence-electron chi connectivity index (χ0n) is 12.8. The highest BCUT2D eigenvalue weighted by atomic mass is 16.5. The normalized spacial score (nSPS) is 13.7. The first-order valence-corrected chi connectivity index (χ1v) is 6.94. The summed E-state index contributed by atoms with van der Waals surface area (Å²) in [6.07, 6.45) is 3.99. The Labute approximate surface area is 116 Å². The summed E-state index contributed by atoms with van der Waals surface area (Å²) in [4.78, 5) is 0. The fraction of sp³-hybridized carbons (Fsp3) is 0.857. The molecule has 0 N–H and O–H groups in total. The number of rotatable bonds is 8. The molecule has 0 saturated carbocycles. The Morgan fingerprint density at radius 1 is 1.32 bits per heavy atom. The van der Waals surface area contributed by atoms with Crippen molar-refractivity contribution in [2.45, 2.75) is 53.2 Å². The first-order chi connectivity index (χ1) is 8.94. The standard InChI is InChI=1S/C14H27N3O2/c1-6-13(19-8-7-18-5)9-12-10-17(16-15-12)11-14(2,3)4/h10,13H,6-9,11H2,1-5H3. The van der Waals surface area contributed by atoms with Crippen LogP contribution in [0.2, 0.25) is 0 Å². The van der Waals surface area contributed by atoms with Gasteiger partial charge in [-0.1, -0.05) is 32.9 Å². The molecule has 0 aromatic carbocycles. The maximum atomic E-state index is 5.74. The van der Waals surface area contributed by atoms with Crippen molar-refractivity contribution in [2.75, 3.05) is 20.3 Å². The molecule has 0 bridgehead atoms. The molecule has 1 rings (SSSR count). The molecular weight excluding hydrogens is 242 g/mol. The third-order valence-corrected chi connectivity index (χ3v) is 2.76. The topological polar surface area (TPSA) is 49.2 Å². The fourth-order valence-corrected chi connectivity index (χ4v) is 1.85. The van der Waals surface area contributed by atoms with Gasteiger partial charge in [-0.2, -0.15) is 0 Å². The zero-order chi connectivity index (χ0) is 14.3. The van der Waals surface area contributed by atoms with Gasteiger partial charge in [-0.3, -0.25) is 4.68 Å². The van der Waals surface area contributed by atoms with Gasteiger partial charge >= 0.3 is 0 Å². The van der Waals surface area contributed by atoms with E-state index in [9.17, 15) is 0 Å². The molecule has 110 valence electrons. The molecule has 0 radical (unpaired) electrons. The maximum absolute atomic E-state index is 5.74. The summed E-state index contributed by atoms with van der Waals surface area (Å²) < 4.78 is 12.6. The van der Waals surface area contributed by atoms with E-state index in [1.54, 1.807) is 7.11 Å². The summed E-state index contributed by atoms with van der Waals surface area (Å²) in [7, 11) is 1.68. The van der Waals surface area contributed by atoms with Gasteiger partial charge in [0.1, 0.15) is 0 Å². The SMILES string of the molecule is CCC(Cc1cn(CC(C)(C)C)nn1)OCCOC. The van der Waals surface area contributed by atoms with E-state index in [-0.39, 0.29) is 11.5 Å². The molecule has 1 aromatic heterocycles. The first-order valence-electron chi connectivity index (χ1n) is 6.94. The van der Waals surface area contributed by atoms with Crippen LogP contribution in [0.25, 0.3) is 0 Å². The van der Waals surface area contributed by atoms with E-state index in [0.29, 0.717) is 13.2 Å². The lowest BCUT2D eigenvalue weighted by molar-refractivity contribution is 0.0154. The van der Waals surface area contributed by atoms with Crippen molar-refractivity contribution < 1.29 is 9.47 Å². The van der Waals surface area contributed by atoms with Crippen molar-refractivity contribution >= 4 is 0 Å². The van der Waals surface area contributed by atoms with Crippen molar-refractivity contribution in [2.24, 2.45) is 5.41 Å². The molecule has 5 nitrogen and oxygen atoms in total. The molecule has 19 heavy (non-hydrogen) atoms. The molecule has 0 spiro atoms. The van der Waals surface area contributed by atoms with Crippen LogP contribution in [0.4, 0.5) is 0 Å². The number of hydrogen-bond acceptors (Lipinski definition) is 4. The Morgan fingerprint density at radius 3 is 2.63 bits per heavy atom. The molecule has 5 heteroatoms. The van der Waals surface area contributed by atoms with Crippen molar-refractivity contribution in [3.05, 3.63) is 11.9 Å². The fourth-order valence-electron chi connectivity index (χ4n) is 1.85. The summed E-state index contributed by atoms with van der Waals surface area (Å²) in [5.74, 6) is 0. The van der Waals surface area contributed by atoms with Crippen LogP contribution in [-0.4, -0.2) is 41.4 Å². The molecule has 0 aliphatic heterocycles. The van der Waals surface area contributed by atoms with Gasteiger partial charge in [-0.05, 0) is 11.8 Å². The van der Waals surface area contributed by atoms with Crippen molar-refractivity contribution in [1.29, 1.82) is 0 Å². The molecule has 1 aromatic rings. The van der Waals surface area contributed by atoms with Crippen LogP contribution < -0.4 is 0 Å². The van der Waals surface area contributed by atoms with E-state index in [4.69, 9.17) is 9.47 Å². The lowest BCUT2D eigenvalue weighted by atomic mass is 9.97. The summed E-state index contributed by atoms with van der Waals surface area (Å²) >= 11 is 0. The largest absolute Gasteiger partial charge is 0.382 e. The predicted molar refractivity (Wildman–Crippen MR) is 75.1 cm³/mol. The molecule has 0 aliphatic carbocycles. The average molecular weight is 269 g/mol. The number of methoxy groups -OCH3 is 1. The van der Waals surface area contributed by atoms with Gasteiger partial charge in [0, 0.05) is 26.3 Å². The Hall–Kier alpha value is -0.940. The van der Waals surface area contributed by atoms with Crippen LogP contribution in [0, 0.1) is 5.41 Å². The molecule has 0 saturated heterocycles. The summed E-state index contributed by atoms with van der Waals surface area (Å²) in [5.41, 5.74) is 1.21. The molecule has 0 amide bonds. The van der Waals surface area contributed by atoms with Crippen LogP contribution >= 0.6 is 0 Å². The molecule has 0 fully saturated rings. The van der Waals surface area contributed by atoms with Gasteiger partial charge in [-0.15, -0.1) is 5.10 Å². The van der Waals surface area contributed by atoms with Crippen LogP contribution in [0.15, 0.2) is 6.20 Å². The Kier molecular flexibility index (Phi) is 6.45. The van der Waals surface area contributed by atoms with Gasteiger partial charge < -0.3 is 9.47 Å². The second kappa shape index (κ2) is 7.60. The average Bonchev–Trinajstić information content (AvgIpc) is 2.73. The number of hydrogen-bond donors (Lipinski definition) is 0. The third kappa shape index (κ3) is 6.68. The Balaban J connectivity index is 2.46. The van der Waals surface area contributed by atoms with Crippen LogP contribution in [0.5, 0.6) is 0 Å². The van der Waals surface area contributed by atoms with Crippen molar-refractivity contribution in [3.63, 3.8) is 0 Å². The third-order valence-electron chi connectivity index (χ3n) is 2.76. The Bertz CT molecular complexity index is 358. The monoisotopic (exact) mass is 269 g/mol. The van der Waals surface area contributed by atoms with Gasteiger partial charge in [-0.25, -0.2) is 0 Å². The number of aromatic nitrogens is 3. The van der Waals surface area contributed by atoms with E-state index in [1.165, 1.54) is 0 Å². The minimum Gasteiger partial charge on any atom is -0.382 e. The van der Waals surface area contributed by atoms with E-state index >= 15 is 0 Å². The predicted octanol–water partition coefficient (Wildman–Crippen LogP) is 2.31. The minimum atomic E-state index is 0.190. The van der Waals surface area contributed by atoms with Crippen molar-refractivity contribution in [1.82, 2.24) is 15.0 Å². The van der Waals surface area contributed by atoms with E-state index in [1.807, 2.05) is 10.9 Å². The molecular formula is C14H27N3O2. The lowest BCUT2D eigenvalue weighted by Gasteiger charge is -2.17. The molecule has 1 atom stereocenters. The lowest BCUT2D eigenvalue weighted by Crippen LogP contribution is -2.18. The zero-order valence-corrected chi connectivity index (χ0v) is 12.8.